The van der Waals surface area contributed by atoms with Gasteiger partial charge in [0.2, 0.25) is 0 Å². The molecule has 3 aromatic rings. The number of rotatable bonds is 3. The van der Waals surface area contributed by atoms with Crippen molar-refractivity contribution in [2.24, 2.45) is 0 Å². The second-order valence-corrected chi connectivity index (χ2v) is 7.45. The largest absolute Gasteiger partial charge is 0.497 e. The van der Waals surface area contributed by atoms with E-state index >= 15 is 0 Å². The van der Waals surface area contributed by atoms with Crippen molar-refractivity contribution in [1.82, 2.24) is 3.97 Å². The summed E-state index contributed by atoms with van der Waals surface area (Å²) >= 11 is 2.13. The van der Waals surface area contributed by atoms with Gasteiger partial charge in [0, 0.05) is 15.2 Å². The van der Waals surface area contributed by atoms with Gasteiger partial charge < -0.3 is 4.74 Å². The highest BCUT2D eigenvalue weighted by molar-refractivity contribution is 14.1. The van der Waals surface area contributed by atoms with Gasteiger partial charge in [-0.2, -0.15) is 0 Å². The zero-order chi connectivity index (χ0) is 15.0. The van der Waals surface area contributed by atoms with Crippen LogP contribution in [0.4, 0.5) is 0 Å². The van der Waals surface area contributed by atoms with E-state index in [1.54, 1.807) is 55.8 Å². The van der Waals surface area contributed by atoms with Crippen LogP contribution in [0.2, 0.25) is 0 Å². The molecule has 1 aromatic heterocycles. The van der Waals surface area contributed by atoms with Crippen molar-refractivity contribution in [3.63, 3.8) is 0 Å². The van der Waals surface area contributed by atoms with Gasteiger partial charge in [0.05, 0.1) is 17.5 Å². The summed E-state index contributed by atoms with van der Waals surface area (Å²) in [6, 6.07) is 13.8. The van der Waals surface area contributed by atoms with Crippen LogP contribution in [0.25, 0.3) is 10.9 Å². The van der Waals surface area contributed by atoms with Gasteiger partial charge in [-0.1, -0.05) is 18.2 Å². The highest BCUT2D eigenvalue weighted by Crippen LogP contribution is 2.29. The third-order valence-electron chi connectivity index (χ3n) is 3.23. The fourth-order valence-corrected chi connectivity index (χ4v) is 4.46. The Labute approximate surface area is 136 Å². The first-order valence-electron chi connectivity index (χ1n) is 6.19. The van der Waals surface area contributed by atoms with Crippen molar-refractivity contribution in [3.8, 4) is 5.75 Å². The number of ether oxygens (including phenoxy) is 1. The third-order valence-corrected chi connectivity index (χ3v) is 5.78. The van der Waals surface area contributed by atoms with Crippen molar-refractivity contribution in [3.05, 3.63) is 58.3 Å². The summed E-state index contributed by atoms with van der Waals surface area (Å²) in [4.78, 5) is 0.272. The molecule has 0 spiro atoms. The van der Waals surface area contributed by atoms with Crippen LogP contribution in [-0.4, -0.2) is 19.5 Å². The molecular weight excluding hydrogens is 401 g/mol. The van der Waals surface area contributed by atoms with Gasteiger partial charge in [0.15, 0.2) is 0 Å². The van der Waals surface area contributed by atoms with E-state index in [4.69, 9.17) is 4.74 Å². The van der Waals surface area contributed by atoms with Crippen LogP contribution < -0.4 is 4.74 Å². The Hall–Kier alpha value is -1.54. The third kappa shape index (κ3) is 2.42. The Kier molecular flexibility index (Phi) is 3.66. The van der Waals surface area contributed by atoms with E-state index < -0.39 is 10.0 Å². The molecule has 1 heterocycles. The quantitative estimate of drug-likeness (QED) is 0.618. The van der Waals surface area contributed by atoms with Crippen molar-refractivity contribution in [2.75, 3.05) is 7.11 Å². The van der Waals surface area contributed by atoms with E-state index in [0.29, 0.717) is 11.3 Å². The molecule has 0 saturated carbocycles. The van der Waals surface area contributed by atoms with E-state index in [2.05, 4.69) is 22.6 Å². The molecule has 0 N–H and O–H groups in total. The van der Waals surface area contributed by atoms with E-state index in [1.165, 1.54) is 3.97 Å². The summed E-state index contributed by atoms with van der Waals surface area (Å²) in [5, 5.41) is 0.856. The van der Waals surface area contributed by atoms with E-state index in [-0.39, 0.29) is 4.90 Å². The summed E-state index contributed by atoms with van der Waals surface area (Å²) in [5.41, 5.74) is 0.643. The molecule has 0 saturated heterocycles. The number of hydrogen-bond acceptors (Lipinski definition) is 3. The zero-order valence-corrected chi connectivity index (χ0v) is 14.1. The van der Waals surface area contributed by atoms with E-state index in [0.717, 1.165) is 8.96 Å². The molecular formula is C15H12INO3S. The van der Waals surface area contributed by atoms with Gasteiger partial charge in [-0.05, 0) is 52.9 Å². The minimum Gasteiger partial charge on any atom is -0.497 e. The summed E-state index contributed by atoms with van der Waals surface area (Å²) < 4.78 is 32.9. The fourth-order valence-electron chi connectivity index (χ4n) is 2.17. The standard InChI is InChI=1S/C15H12INO3S/c1-20-11-7-8-15-13(9-11)14(16)10-17(15)21(18,19)12-5-3-2-4-6-12/h2-10H,1H3. The lowest BCUT2D eigenvalue weighted by Gasteiger charge is -2.07. The molecule has 0 aliphatic heterocycles. The molecule has 0 bridgehead atoms. The summed E-state index contributed by atoms with van der Waals surface area (Å²) in [5.74, 6) is 0.704. The van der Waals surface area contributed by atoms with Crippen molar-refractivity contribution in [2.45, 2.75) is 4.90 Å². The fraction of sp³-hybridized carbons (Fsp3) is 0.0667. The van der Waals surface area contributed by atoms with Crippen molar-refractivity contribution >= 4 is 43.5 Å². The Morgan fingerprint density at radius 1 is 1.10 bits per heavy atom. The number of aromatic nitrogens is 1. The maximum Gasteiger partial charge on any atom is 0.268 e. The summed E-state index contributed by atoms with van der Waals surface area (Å²) in [6.07, 6.45) is 1.63. The lowest BCUT2D eigenvalue weighted by atomic mass is 10.2. The maximum atomic E-state index is 12.7. The number of hydrogen-bond donors (Lipinski definition) is 0. The second-order valence-electron chi connectivity index (χ2n) is 4.47. The molecule has 21 heavy (non-hydrogen) atoms. The highest BCUT2D eigenvalue weighted by Gasteiger charge is 2.20. The first-order chi connectivity index (χ1) is 10.0. The Bertz CT molecular complexity index is 901. The van der Waals surface area contributed by atoms with Gasteiger partial charge >= 0.3 is 0 Å². The predicted octanol–water partition coefficient (Wildman–Crippen LogP) is 3.49. The second kappa shape index (κ2) is 5.34. The maximum absolute atomic E-state index is 12.7. The Morgan fingerprint density at radius 3 is 2.48 bits per heavy atom. The van der Waals surface area contributed by atoms with Crippen LogP contribution >= 0.6 is 22.6 Å². The lowest BCUT2D eigenvalue weighted by Crippen LogP contribution is -2.11. The number of fused-ring (bicyclic) bond motifs is 1. The van der Waals surface area contributed by atoms with Crippen LogP contribution in [0.1, 0.15) is 0 Å². The van der Waals surface area contributed by atoms with Gasteiger partial charge in [-0.3, -0.25) is 0 Å². The van der Waals surface area contributed by atoms with Gasteiger partial charge in [0.25, 0.3) is 10.0 Å². The molecule has 3 rings (SSSR count). The first-order valence-corrected chi connectivity index (χ1v) is 8.71. The highest BCUT2D eigenvalue weighted by atomic mass is 127. The number of benzene rings is 2. The van der Waals surface area contributed by atoms with Gasteiger partial charge in [-0.25, -0.2) is 12.4 Å². The predicted molar refractivity (Wildman–Crippen MR) is 90.2 cm³/mol. The number of nitrogens with zero attached hydrogens (tertiary/aromatic N) is 1. The summed E-state index contributed by atoms with van der Waals surface area (Å²) in [7, 11) is -2.00. The molecule has 4 nitrogen and oxygen atoms in total. The molecule has 108 valence electrons. The molecule has 0 atom stereocenters. The van der Waals surface area contributed by atoms with Gasteiger partial charge in [0.1, 0.15) is 5.75 Å². The molecule has 0 amide bonds. The zero-order valence-electron chi connectivity index (χ0n) is 11.2. The lowest BCUT2D eigenvalue weighted by molar-refractivity contribution is 0.415. The monoisotopic (exact) mass is 413 g/mol. The SMILES string of the molecule is COc1ccc2c(c1)c(I)cn2S(=O)(=O)c1ccccc1. The minimum absolute atomic E-state index is 0.272. The van der Waals surface area contributed by atoms with E-state index in [1.807, 2.05) is 6.07 Å². The van der Waals surface area contributed by atoms with Crippen molar-refractivity contribution in [1.29, 1.82) is 0 Å². The minimum atomic E-state index is -3.59. The van der Waals surface area contributed by atoms with Crippen LogP contribution in [-0.2, 0) is 10.0 Å². The summed E-state index contributed by atoms with van der Waals surface area (Å²) in [6.45, 7) is 0. The van der Waals surface area contributed by atoms with Crippen LogP contribution in [0, 0.1) is 3.57 Å². The number of halogens is 1. The number of methoxy groups -OCH3 is 1. The Balaban J connectivity index is 2.27. The van der Waals surface area contributed by atoms with Crippen LogP contribution in [0.3, 0.4) is 0 Å². The van der Waals surface area contributed by atoms with Gasteiger partial charge in [-0.15, -0.1) is 0 Å². The first kappa shape index (κ1) is 14.4. The van der Waals surface area contributed by atoms with E-state index in [9.17, 15) is 8.42 Å². The van der Waals surface area contributed by atoms with Crippen molar-refractivity contribution < 1.29 is 13.2 Å². The average Bonchev–Trinajstić information content (AvgIpc) is 2.85. The molecule has 0 aliphatic carbocycles. The molecule has 0 radical (unpaired) electrons. The average molecular weight is 413 g/mol. The molecule has 0 aliphatic rings. The smallest absolute Gasteiger partial charge is 0.268 e. The molecule has 0 fully saturated rings. The van der Waals surface area contributed by atoms with Crippen LogP contribution in [0.15, 0.2) is 59.6 Å². The normalized spacial score (nSPS) is 11.7. The molecule has 6 heteroatoms. The molecule has 0 unspecified atom stereocenters. The Morgan fingerprint density at radius 2 is 1.81 bits per heavy atom. The topological polar surface area (TPSA) is 48.3 Å². The molecule has 2 aromatic carbocycles. The van der Waals surface area contributed by atoms with Crippen LogP contribution in [0.5, 0.6) is 5.75 Å².